The summed E-state index contributed by atoms with van der Waals surface area (Å²) in [6, 6.07) is 6.33. The molecular weight excluding hydrogens is 198 g/mol. The number of nitrogens with two attached hydrogens (primary N) is 1. The van der Waals surface area contributed by atoms with E-state index < -0.39 is 0 Å². The predicted molar refractivity (Wildman–Crippen MR) is 66.6 cm³/mol. The van der Waals surface area contributed by atoms with Crippen LogP contribution in [0.15, 0.2) is 18.2 Å². The number of benzene rings is 1. The van der Waals surface area contributed by atoms with Crippen molar-refractivity contribution < 1.29 is 4.74 Å². The first-order valence-electron chi connectivity index (χ1n) is 6.15. The van der Waals surface area contributed by atoms with Crippen LogP contribution in [-0.2, 0) is 0 Å². The van der Waals surface area contributed by atoms with Crippen LogP contribution in [0.4, 0.5) is 0 Å². The van der Waals surface area contributed by atoms with Crippen LogP contribution in [-0.4, -0.2) is 6.61 Å². The van der Waals surface area contributed by atoms with Gasteiger partial charge in [-0.15, -0.1) is 0 Å². The largest absolute Gasteiger partial charge is 0.493 e. The highest BCUT2D eigenvalue weighted by Crippen LogP contribution is 2.28. The molecule has 0 saturated heterocycles. The van der Waals surface area contributed by atoms with E-state index in [0.717, 1.165) is 18.3 Å². The lowest BCUT2D eigenvalue weighted by atomic mass is 9.86. The molecule has 2 rings (SSSR count). The van der Waals surface area contributed by atoms with Crippen molar-refractivity contribution >= 4 is 0 Å². The maximum atomic E-state index is 5.84. The highest BCUT2D eigenvalue weighted by Gasteiger charge is 2.18. The zero-order valence-electron chi connectivity index (χ0n) is 10.2. The summed E-state index contributed by atoms with van der Waals surface area (Å²) in [7, 11) is 0. The van der Waals surface area contributed by atoms with Gasteiger partial charge < -0.3 is 10.5 Å². The minimum Gasteiger partial charge on any atom is -0.493 e. The third kappa shape index (κ3) is 2.56. The minimum absolute atomic E-state index is 0.0967. The molecule has 0 aliphatic heterocycles. The van der Waals surface area contributed by atoms with Gasteiger partial charge in [0.25, 0.3) is 0 Å². The van der Waals surface area contributed by atoms with Gasteiger partial charge >= 0.3 is 0 Å². The van der Waals surface area contributed by atoms with E-state index in [1.165, 1.54) is 30.4 Å². The van der Waals surface area contributed by atoms with E-state index in [9.17, 15) is 0 Å². The molecule has 1 aromatic carbocycles. The Hall–Kier alpha value is -1.02. The Morgan fingerprint density at radius 3 is 2.69 bits per heavy atom. The molecule has 0 radical (unpaired) electrons. The standard InChI is InChI=1S/C14H21NO/c1-10-8-13(11(2)15)6-7-14(10)16-9-12-4-3-5-12/h6-8,11-12H,3-5,9,15H2,1-2H3. The van der Waals surface area contributed by atoms with Crippen molar-refractivity contribution in [3.8, 4) is 5.75 Å². The molecule has 2 nitrogen and oxygen atoms in total. The Labute approximate surface area is 97.8 Å². The van der Waals surface area contributed by atoms with E-state index in [2.05, 4.69) is 19.1 Å². The average molecular weight is 219 g/mol. The minimum atomic E-state index is 0.0967. The number of aryl methyl sites for hydroxylation is 1. The molecule has 1 aliphatic carbocycles. The number of rotatable bonds is 4. The summed E-state index contributed by atoms with van der Waals surface area (Å²) in [5.41, 5.74) is 8.21. The second-order valence-corrected chi connectivity index (χ2v) is 4.92. The topological polar surface area (TPSA) is 35.2 Å². The van der Waals surface area contributed by atoms with Gasteiger partial charge in [0.1, 0.15) is 5.75 Å². The molecule has 1 aliphatic rings. The normalized spacial score (nSPS) is 17.9. The SMILES string of the molecule is Cc1cc(C(C)N)ccc1OCC1CCC1. The van der Waals surface area contributed by atoms with Gasteiger partial charge in [-0.25, -0.2) is 0 Å². The molecule has 1 aromatic rings. The molecule has 0 heterocycles. The third-order valence-electron chi connectivity index (χ3n) is 3.42. The summed E-state index contributed by atoms with van der Waals surface area (Å²) in [4.78, 5) is 0. The van der Waals surface area contributed by atoms with E-state index >= 15 is 0 Å². The van der Waals surface area contributed by atoms with Crippen molar-refractivity contribution in [2.24, 2.45) is 11.7 Å². The molecule has 1 saturated carbocycles. The Balaban J connectivity index is 1.98. The first kappa shape index (κ1) is 11.5. The monoisotopic (exact) mass is 219 g/mol. The van der Waals surface area contributed by atoms with Gasteiger partial charge in [0, 0.05) is 6.04 Å². The molecule has 0 aromatic heterocycles. The summed E-state index contributed by atoms with van der Waals surface area (Å²) in [5.74, 6) is 1.80. The van der Waals surface area contributed by atoms with Crippen LogP contribution in [0.3, 0.4) is 0 Å². The van der Waals surface area contributed by atoms with Crippen LogP contribution >= 0.6 is 0 Å². The summed E-state index contributed by atoms with van der Waals surface area (Å²) in [5, 5.41) is 0. The molecular formula is C14H21NO. The van der Waals surface area contributed by atoms with E-state index in [1.807, 2.05) is 13.0 Å². The van der Waals surface area contributed by atoms with Crippen LogP contribution in [0.5, 0.6) is 5.75 Å². The van der Waals surface area contributed by atoms with Crippen molar-refractivity contribution in [1.29, 1.82) is 0 Å². The fourth-order valence-corrected chi connectivity index (χ4v) is 1.98. The van der Waals surface area contributed by atoms with Crippen molar-refractivity contribution in [2.45, 2.75) is 39.2 Å². The third-order valence-corrected chi connectivity index (χ3v) is 3.42. The van der Waals surface area contributed by atoms with E-state index in [0.29, 0.717) is 0 Å². The molecule has 1 unspecified atom stereocenters. The average Bonchev–Trinajstić information content (AvgIpc) is 2.17. The lowest BCUT2D eigenvalue weighted by Gasteiger charge is -2.25. The van der Waals surface area contributed by atoms with Crippen LogP contribution < -0.4 is 10.5 Å². The molecule has 2 N–H and O–H groups in total. The Morgan fingerprint density at radius 2 is 2.19 bits per heavy atom. The summed E-state index contributed by atoms with van der Waals surface area (Å²) < 4.78 is 5.83. The number of hydrogen-bond acceptors (Lipinski definition) is 2. The highest BCUT2D eigenvalue weighted by molar-refractivity contribution is 5.37. The molecule has 0 amide bonds. The van der Waals surface area contributed by atoms with Gasteiger partial charge in [-0.05, 0) is 49.8 Å². The fraction of sp³-hybridized carbons (Fsp3) is 0.571. The van der Waals surface area contributed by atoms with Gasteiger partial charge in [0.2, 0.25) is 0 Å². The number of hydrogen-bond donors (Lipinski definition) is 1. The first-order valence-corrected chi connectivity index (χ1v) is 6.15. The predicted octanol–water partition coefficient (Wildman–Crippen LogP) is 3.19. The van der Waals surface area contributed by atoms with Gasteiger partial charge in [-0.1, -0.05) is 18.6 Å². The smallest absolute Gasteiger partial charge is 0.122 e. The van der Waals surface area contributed by atoms with Crippen LogP contribution in [0.1, 0.15) is 43.4 Å². The Bertz CT molecular complexity index is 356. The fourth-order valence-electron chi connectivity index (χ4n) is 1.98. The van der Waals surface area contributed by atoms with Gasteiger partial charge in [0.15, 0.2) is 0 Å². The van der Waals surface area contributed by atoms with E-state index in [1.54, 1.807) is 0 Å². The lowest BCUT2D eigenvalue weighted by Crippen LogP contribution is -2.19. The van der Waals surface area contributed by atoms with Crippen LogP contribution in [0.25, 0.3) is 0 Å². The first-order chi connectivity index (χ1) is 7.66. The van der Waals surface area contributed by atoms with Crippen molar-refractivity contribution in [3.63, 3.8) is 0 Å². The lowest BCUT2D eigenvalue weighted by molar-refractivity contribution is 0.180. The molecule has 1 atom stereocenters. The molecule has 1 fully saturated rings. The second-order valence-electron chi connectivity index (χ2n) is 4.92. The van der Waals surface area contributed by atoms with Crippen molar-refractivity contribution in [3.05, 3.63) is 29.3 Å². The maximum absolute atomic E-state index is 5.84. The molecule has 2 heteroatoms. The number of ether oxygens (including phenoxy) is 1. The van der Waals surface area contributed by atoms with Gasteiger partial charge in [-0.3, -0.25) is 0 Å². The van der Waals surface area contributed by atoms with Crippen molar-refractivity contribution in [1.82, 2.24) is 0 Å². The van der Waals surface area contributed by atoms with E-state index in [4.69, 9.17) is 10.5 Å². The summed E-state index contributed by atoms with van der Waals surface area (Å²) in [6.07, 6.45) is 4.03. The quantitative estimate of drug-likeness (QED) is 0.844. The zero-order chi connectivity index (χ0) is 11.5. The Kier molecular flexibility index (Phi) is 3.49. The summed E-state index contributed by atoms with van der Waals surface area (Å²) >= 11 is 0. The maximum Gasteiger partial charge on any atom is 0.122 e. The molecule has 16 heavy (non-hydrogen) atoms. The highest BCUT2D eigenvalue weighted by atomic mass is 16.5. The van der Waals surface area contributed by atoms with Gasteiger partial charge in [-0.2, -0.15) is 0 Å². The summed E-state index contributed by atoms with van der Waals surface area (Å²) in [6.45, 7) is 4.96. The molecule has 0 spiro atoms. The van der Waals surface area contributed by atoms with Crippen LogP contribution in [0, 0.1) is 12.8 Å². The van der Waals surface area contributed by atoms with Crippen LogP contribution in [0.2, 0.25) is 0 Å². The second kappa shape index (κ2) is 4.88. The van der Waals surface area contributed by atoms with Gasteiger partial charge in [0.05, 0.1) is 6.61 Å². The molecule has 88 valence electrons. The zero-order valence-corrected chi connectivity index (χ0v) is 10.2. The van der Waals surface area contributed by atoms with Crippen molar-refractivity contribution in [2.75, 3.05) is 6.61 Å². The molecule has 0 bridgehead atoms. The Morgan fingerprint density at radius 1 is 1.44 bits per heavy atom. The van der Waals surface area contributed by atoms with E-state index in [-0.39, 0.29) is 6.04 Å².